The summed E-state index contributed by atoms with van der Waals surface area (Å²) in [5.41, 5.74) is 5.32. The minimum Gasteiger partial charge on any atom is -0.394 e. The Morgan fingerprint density at radius 2 is 1.90 bits per heavy atom. The summed E-state index contributed by atoms with van der Waals surface area (Å²) in [4.78, 5) is 45.4. The van der Waals surface area contributed by atoms with Gasteiger partial charge in [0.2, 0.25) is 11.9 Å². The van der Waals surface area contributed by atoms with Crippen LogP contribution in [-0.4, -0.2) is 154 Å². The highest BCUT2D eigenvalue weighted by Gasteiger charge is 2.50. The second-order valence-corrected chi connectivity index (χ2v) is 14.4. The van der Waals surface area contributed by atoms with E-state index < -0.39 is 68.9 Å². The summed E-state index contributed by atoms with van der Waals surface area (Å²) in [7, 11) is -4.05. The van der Waals surface area contributed by atoms with Gasteiger partial charge in [0.1, 0.15) is 37.3 Å². The molecule has 52 heavy (non-hydrogen) atoms. The highest BCUT2D eigenvalue weighted by atomic mass is 31.2. The van der Waals surface area contributed by atoms with Crippen molar-refractivity contribution in [2.75, 3.05) is 65.4 Å². The van der Waals surface area contributed by atoms with E-state index in [2.05, 4.69) is 20.3 Å². The van der Waals surface area contributed by atoms with Gasteiger partial charge in [0, 0.05) is 32.7 Å². The molecule has 4 rings (SSSR count). The Bertz CT molecular complexity index is 1510. The van der Waals surface area contributed by atoms with Crippen LogP contribution in [-0.2, 0) is 47.0 Å². The monoisotopic (exact) mass is 766 g/mol. The van der Waals surface area contributed by atoms with Crippen LogP contribution in [0.15, 0.2) is 11.1 Å². The van der Waals surface area contributed by atoms with Gasteiger partial charge in [-0.15, -0.1) is 0 Å². The van der Waals surface area contributed by atoms with Crippen molar-refractivity contribution in [3.8, 4) is 0 Å². The van der Waals surface area contributed by atoms with E-state index in [1.807, 2.05) is 13.8 Å². The number of anilines is 1. The Balaban J connectivity index is 1.17. The molecule has 7 unspecified atom stereocenters. The number of aromatic amines is 1. The normalized spacial score (nSPS) is 27.7. The Morgan fingerprint density at radius 1 is 1.13 bits per heavy atom. The first-order valence-corrected chi connectivity index (χ1v) is 19.1. The molecule has 2 aliphatic rings. The van der Waals surface area contributed by atoms with Gasteiger partial charge < -0.3 is 64.4 Å². The van der Waals surface area contributed by atoms with Crippen LogP contribution in [0, 0.1) is 0 Å². The molecular formula is C30H51N6O15P. The van der Waals surface area contributed by atoms with Crippen molar-refractivity contribution in [1.82, 2.24) is 24.8 Å². The number of H-pyrrole nitrogens is 1. The lowest BCUT2D eigenvalue weighted by molar-refractivity contribution is -0.256. The number of aliphatic hydroxyl groups is 3. The maximum atomic E-state index is 12.4. The van der Waals surface area contributed by atoms with Gasteiger partial charge in [-0.3, -0.25) is 28.2 Å². The highest BCUT2D eigenvalue weighted by Crippen LogP contribution is 2.45. The zero-order valence-electron chi connectivity index (χ0n) is 29.4. The lowest BCUT2D eigenvalue weighted by atomic mass is 10.0. The molecule has 1 amide bonds. The van der Waals surface area contributed by atoms with Crippen LogP contribution in [0.3, 0.4) is 0 Å². The number of carbonyl (C=O) groups excluding carboxylic acids is 1. The van der Waals surface area contributed by atoms with E-state index in [1.165, 1.54) is 10.9 Å². The van der Waals surface area contributed by atoms with Crippen molar-refractivity contribution < 1.29 is 67.3 Å². The average molecular weight is 767 g/mol. The van der Waals surface area contributed by atoms with Crippen LogP contribution in [0.25, 0.3) is 11.2 Å². The molecule has 296 valence electrons. The number of rotatable bonds is 22. The largest absolute Gasteiger partial charge is 0.394 e. The number of nitrogens with zero attached hydrogens (tertiary/aromatic N) is 3. The van der Waals surface area contributed by atoms with Crippen LogP contribution in [0.5, 0.6) is 0 Å². The molecule has 2 aromatic heterocycles. The van der Waals surface area contributed by atoms with Crippen molar-refractivity contribution in [2.45, 2.75) is 94.8 Å². The quantitative estimate of drug-likeness (QED) is 0.0418. The van der Waals surface area contributed by atoms with Gasteiger partial charge in [0.05, 0.1) is 51.6 Å². The van der Waals surface area contributed by atoms with Crippen LogP contribution in [0.4, 0.5) is 5.95 Å². The topological polar surface area (TPSA) is 291 Å². The third-order valence-corrected chi connectivity index (χ3v) is 8.66. The molecule has 0 aliphatic carbocycles. The maximum absolute atomic E-state index is 12.4. The first-order chi connectivity index (χ1) is 24.8. The van der Waals surface area contributed by atoms with Gasteiger partial charge >= 0.3 is 7.60 Å². The van der Waals surface area contributed by atoms with Crippen molar-refractivity contribution in [1.29, 1.82) is 0 Å². The Morgan fingerprint density at radius 3 is 2.63 bits per heavy atom. The molecule has 0 saturated carbocycles. The molecular weight excluding hydrogens is 715 g/mol. The van der Waals surface area contributed by atoms with Crippen LogP contribution < -0.4 is 16.6 Å². The summed E-state index contributed by atoms with van der Waals surface area (Å²) in [5, 5.41) is 31.6. The minimum atomic E-state index is -4.05. The second-order valence-electron chi connectivity index (χ2n) is 12.6. The number of nitrogen functional groups attached to an aromatic ring is 1. The molecule has 9 atom stereocenters. The van der Waals surface area contributed by atoms with Gasteiger partial charge in [-0.25, -0.2) is 4.98 Å². The zero-order chi connectivity index (χ0) is 37.8. The Hall–Kier alpha value is -2.63. The first-order valence-electron chi connectivity index (χ1n) is 17.0. The van der Waals surface area contributed by atoms with E-state index in [0.29, 0.717) is 12.8 Å². The number of hydrogen-bond donors (Lipinski definition) is 7. The van der Waals surface area contributed by atoms with Crippen LogP contribution in [0.1, 0.15) is 45.8 Å². The molecule has 22 heteroatoms. The number of hydrogen-bond acceptors (Lipinski definition) is 17. The van der Waals surface area contributed by atoms with E-state index in [1.54, 1.807) is 0 Å². The lowest BCUT2D eigenvalue weighted by Crippen LogP contribution is -2.50. The summed E-state index contributed by atoms with van der Waals surface area (Å²) in [6.45, 7) is 5.06. The fraction of sp³-hybridized carbons (Fsp3) is 0.800. The van der Waals surface area contributed by atoms with Crippen LogP contribution >= 0.6 is 7.60 Å². The van der Waals surface area contributed by atoms with Crippen molar-refractivity contribution in [3.63, 3.8) is 0 Å². The van der Waals surface area contributed by atoms with Gasteiger partial charge in [-0.2, -0.15) is 4.98 Å². The van der Waals surface area contributed by atoms with Crippen LogP contribution in [0.2, 0.25) is 0 Å². The lowest BCUT2D eigenvalue weighted by Gasteiger charge is -2.36. The molecule has 2 fully saturated rings. The number of fused-ring (bicyclic) bond motifs is 1. The summed E-state index contributed by atoms with van der Waals surface area (Å²) in [5.74, 6) is -0.301. The van der Waals surface area contributed by atoms with E-state index in [4.69, 9.17) is 43.4 Å². The Labute approximate surface area is 299 Å². The molecule has 8 N–H and O–H groups in total. The number of ether oxygens (including phenoxy) is 7. The number of nitrogens with one attached hydrogen (secondary N) is 2. The minimum absolute atomic E-state index is 0.00165. The fourth-order valence-corrected chi connectivity index (χ4v) is 6.25. The van der Waals surface area contributed by atoms with Gasteiger partial charge in [-0.05, 0) is 26.7 Å². The molecule has 2 saturated heterocycles. The van der Waals surface area contributed by atoms with E-state index >= 15 is 0 Å². The predicted octanol–water partition coefficient (Wildman–Crippen LogP) is -1.27. The number of aromatic nitrogens is 4. The summed E-state index contributed by atoms with van der Waals surface area (Å²) in [6, 6.07) is 0. The third kappa shape index (κ3) is 12.5. The highest BCUT2D eigenvalue weighted by molar-refractivity contribution is 7.51. The summed E-state index contributed by atoms with van der Waals surface area (Å²) in [6.07, 6.45) is -5.24. The summed E-state index contributed by atoms with van der Waals surface area (Å²) < 4.78 is 59.4. The molecule has 21 nitrogen and oxygen atoms in total. The van der Waals surface area contributed by atoms with Crippen molar-refractivity contribution in [3.05, 3.63) is 16.7 Å². The van der Waals surface area contributed by atoms with Gasteiger partial charge in [0.25, 0.3) is 5.56 Å². The number of imidazole rings is 1. The van der Waals surface area contributed by atoms with Gasteiger partial charge in [-0.1, -0.05) is 0 Å². The van der Waals surface area contributed by atoms with Crippen molar-refractivity contribution in [2.24, 2.45) is 0 Å². The number of amides is 1. The summed E-state index contributed by atoms with van der Waals surface area (Å²) >= 11 is 0. The molecule has 2 aromatic rings. The number of carbonyl (C=O) groups is 1. The second kappa shape index (κ2) is 20.2. The smallest absolute Gasteiger partial charge is 0.325 e. The maximum Gasteiger partial charge on any atom is 0.325 e. The molecule has 0 bridgehead atoms. The first kappa shape index (κ1) is 42.1. The molecule has 2 aliphatic heterocycles. The number of unbranched alkanes of at least 4 members (excludes halogenated alkanes) is 1. The molecule has 0 aromatic carbocycles. The number of nitrogens with two attached hydrogens (primary N) is 1. The fourth-order valence-electron chi connectivity index (χ4n) is 5.55. The number of aliphatic hydroxyl groups excluding tert-OH is 3. The molecule has 0 spiro atoms. The average Bonchev–Trinajstić information content (AvgIpc) is 3.64. The third-order valence-electron chi connectivity index (χ3n) is 8.02. The van der Waals surface area contributed by atoms with Crippen molar-refractivity contribution >= 4 is 30.6 Å². The van der Waals surface area contributed by atoms with Gasteiger partial charge in [0.15, 0.2) is 23.7 Å². The van der Waals surface area contributed by atoms with E-state index in [-0.39, 0.29) is 88.3 Å². The van der Waals surface area contributed by atoms with E-state index in [0.717, 1.165) is 6.66 Å². The Kier molecular flexibility index (Phi) is 16.3. The molecule has 0 radical (unpaired) electrons. The standard InChI is InChI=1S/C30H51N6O15P/c1-17(2)47-14-20-25(51-52(3,42)43)26(29(50-20)36-15-33-23-27(36)34-30(31)35-28(23)41)48-16-45-11-10-44-9-7-32-21(39)6-4-5-8-46-22-12-18(38)24(40)19(13-37)49-22/h15,17-20,22,24-26,29,37-38,40H,4-14,16H2,1-3H3,(H,32,39)(H,42,43)(H3,31,34,35,41)/t18?,19?,20?,22?,24?,25-,26-,29?/m1/s1. The SMILES string of the molecule is CC(C)OCC1OC(n2cnc3c(=O)[nH]c(N)nc32)[C@H](OCOCCOCCNC(=O)CCCCOC2CC(O)C(O)C(CO)O2)[C@@H]1OP(C)(=O)O. The zero-order valence-corrected chi connectivity index (χ0v) is 30.3. The van der Waals surface area contributed by atoms with E-state index in [9.17, 15) is 34.4 Å². The predicted molar refractivity (Wildman–Crippen MR) is 180 cm³/mol. The molecule has 4 heterocycles.